The summed E-state index contributed by atoms with van der Waals surface area (Å²) >= 11 is 1.30. The molecule has 2 aromatic heterocycles. The van der Waals surface area contributed by atoms with E-state index in [1.54, 1.807) is 22.5 Å². The number of rotatable bonds is 4. The van der Waals surface area contributed by atoms with Crippen LogP contribution >= 0.6 is 11.3 Å². The predicted molar refractivity (Wildman–Crippen MR) is 98.0 cm³/mol. The number of thiophene rings is 1. The fraction of sp³-hybridized carbons (Fsp3) is 0.211. The smallest absolute Gasteiger partial charge is 0.268 e. The Labute approximate surface area is 144 Å². The zero-order valence-corrected chi connectivity index (χ0v) is 14.6. The Morgan fingerprint density at radius 2 is 1.92 bits per heavy atom. The summed E-state index contributed by atoms with van der Waals surface area (Å²) in [7, 11) is 0. The first-order valence-corrected chi connectivity index (χ1v) is 8.63. The van der Waals surface area contributed by atoms with Gasteiger partial charge in [0, 0.05) is 22.4 Å². The number of anilines is 1. The van der Waals surface area contributed by atoms with Gasteiger partial charge >= 0.3 is 0 Å². The molecular weight excluding hydrogens is 320 g/mol. The van der Waals surface area contributed by atoms with Crippen LogP contribution in [-0.4, -0.2) is 22.7 Å². The SMILES string of the molecule is CC(=O)c1csc(C(=O)N(c2cnc3ccccc3c2)C(C)C)c1. The molecule has 0 aliphatic heterocycles. The highest BCUT2D eigenvalue weighted by Crippen LogP contribution is 2.26. The number of Topliss-reactive ketones (excluding diaryl/α,β-unsaturated/α-hetero) is 1. The molecular formula is C19H18N2O2S. The van der Waals surface area contributed by atoms with Crippen molar-refractivity contribution in [3.8, 4) is 0 Å². The number of hydrogen-bond donors (Lipinski definition) is 0. The Morgan fingerprint density at radius 3 is 2.58 bits per heavy atom. The first-order chi connectivity index (χ1) is 11.5. The van der Waals surface area contributed by atoms with Crippen molar-refractivity contribution in [2.75, 3.05) is 4.90 Å². The molecule has 0 radical (unpaired) electrons. The van der Waals surface area contributed by atoms with Gasteiger partial charge in [0.25, 0.3) is 5.91 Å². The van der Waals surface area contributed by atoms with Crippen LogP contribution in [0, 0.1) is 0 Å². The maximum atomic E-state index is 13.0. The number of fused-ring (bicyclic) bond motifs is 1. The van der Waals surface area contributed by atoms with E-state index in [0.717, 1.165) is 16.6 Å². The standard InChI is InChI=1S/C19H18N2O2S/c1-12(2)21(19(23)18-9-15(11-24-18)13(3)22)16-8-14-6-4-5-7-17(14)20-10-16/h4-12H,1-3H3. The van der Waals surface area contributed by atoms with E-state index < -0.39 is 0 Å². The molecule has 3 aromatic rings. The first-order valence-electron chi connectivity index (χ1n) is 7.75. The summed E-state index contributed by atoms with van der Waals surface area (Å²) in [6.07, 6.45) is 1.72. The topological polar surface area (TPSA) is 50.3 Å². The summed E-state index contributed by atoms with van der Waals surface area (Å²) in [6, 6.07) is 11.4. The van der Waals surface area contributed by atoms with Crippen molar-refractivity contribution in [3.63, 3.8) is 0 Å². The molecule has 1 amide bonds. The Hall–Kier alpha value is -2.53. The van der Waals surface area contributed by atoms with E-state index in [-0.39, 0.29) is 17.7 Å². The molecule has 0 saturated carbocycles. The third kappa shape index (κ3) is 3.08. The highest BCUT2D eigenvalue weighted by molar-refractivity contribution is 7.12. The fourth-order valence-corrected chi connectivity index (χ4v) is 3.47. The lowest BCUT2D eigenvalue weighted by Gasteiger charge is -2.26. The fourth-order valence-electron chi connectivity index (χ4n) is 2.59. The number of amides is 1. The largest absolute Gasteiger partial charge is 0.304 e. The number of carbonyl (C=O) groups excluding carboxylic acids is 2. The summed E-state index contributed by atoms with van der Waals surface area (Å²) in [5.74, 6) is -0.145. The van der Waals surface area contributed by atoms with Gasteiger partial charge in [0.1, 0.15) is 0 Å². The van der Waals surface area contributed by atoms with E-state index >= 15 is 0 Å². The highest BCUT2D eigenvalue weighted by Gasteiger charge is 2.23. The number of aromatic nitrogens is 1. The number of ketones is 1. The molecule has 3 rings (SSSR count). The van der Waals surface area contributed by atoms with Crippen molar-refractivity contribution < 1.29 is 9.59 Å². The third-order valence-electron chi connectivity index (χ3n) is 3.81. The van der Waals surface area contributed by atoms with Crippen LogP contribution < -0.4 is 4.90 Å². The van der Waals surface area contributed by atoms with Gasteiger partial charge in [0.05, 0.1) is 22.3 Å². The molecule has 0 unspecified atom stereocenters. The number of pyridine rings is 1. The van der Waals surface area contributed by atoms with E-state index in [1.165, 1.54) is 18.3 Å². The third-order valence-corrected chi connectivity index (χ3v) is 4.72. The lowest BCUT2D eigenvalue weighted by molar-refractivity contribution is 0.0984. The molecule has 5 heteroatoms. The number of benzene rings is 1. The number of nitrogens with zero attached hydrogens (tertiary/aromatic N) is 2. The molecule has 0 N–H and O–H groups in total. The highest BCUT2D eigenvalue weighted by atomic mass is 32.1. The van der Waals surface area contributed by atoms with E-state index in [9.17, 15) is 9.59 Å². The average molecular weight is 338 g/mol. The molecule has 0 aliphatic carbocycles. The molecule has 0 saturated heterocycles. The lowest BCUT2D eigenvalue weighted by atomic mass is 10.1. The summed E-state index contributed by atoms with van der Waals surface area (Å²) in [5.41, 5.74) is 2.22. The molecule has 24 heavy (non-hydrogen) atoms. The van der Waals surface area contributed by atoms with Gasteiger partial charge in [-0.1, -0.05) is 18.2 Å². The molecule has 1 aromatic carbocycles. The van der Waals surface area contributed by atoms with Crippen LogP contribution in [0.2, 0.25) is 0 Å². The Balaban J connectivity index is 2.01. The van der Waals surface area contributed by atoms with Crippen LogP contribution in [0.25, 0.3) is 10.9 Å². The van der Waals surface area contributed by atoms with Gasteiger partial charge in [0.2, 0.25) is 0 Å². The van der Waals surface area contributed by atoms with Crippen LogP contribution in [0.15, 0.2) is 48.0 Å². The van der Waals surface area contributed by atoms with Gasteiger partial charge in [-0.3, -0.25) is 14.6 Å². The second-order valence-corrected chi connectivity index (χ2v) is 6.82. The molecule has 122 valence electrons. The monoisotopic (exact) mass is 338 g/mol. The van der Waals surface area contributed by atoms with E-state index in [0.29, 0.717) is 10.4 Å². The van der Waals surface area contributed by atoms with Gasteiger partial charge in [-0.15, -0.1) is 11.3 Å². The normalized spacial score (nSPS) is 11.0. The van der Waals surface area contributed by atoms with Crippen molar-refractivity contribution >= 4 is 39.6 Å². The Kier molecular flexibility index (Phi) is 4.44. The van der Waals surface area contributed by atoms with Crippen LogP contribution in [0.4, 0.5) is 5.69 Å². The minimum atomic E-state index is -0.111. The maximum Gasteiger partial charge on any atom is 0.268 e. The predicted octanol–water partition coefficient (Wildman–Crippen LogP) is 4.55. The van der Waals surface area contributed by atoms with Gasteiger partial charge in [-0.2, -0.15) is 0 Å². The molecule has 2 heterocycles. The van der Waals surface area contributed by atoms with Crippen LogP contribution in [0.1, 0.15) is 40.8 Å². The molecule has 0 aliphatic rings. The minimum Gasteiger partial charge on any atom is -0.304 e. The van der Waals surface area contributed by atoms with E-state index in [4.69, 9.17) is 0 Å². The number of hydrogen-bond acceptors (Lipinski definition) is 4. The quantitative estimate of drug-likeness (QED) is 0.656. The molecule has 4 nitrogen and oxygen atoms in total. The lowest BCUT2D eigenvalue weighted by Crippen LogP contribution is -2.36. The summed E-state index contributed by atoms with van der Waals surface area (Å²) in [4.78, 5) is 31.2. The molecule has 0 spiro atoms. The van der Waals surface area contributed by atoms with Crippen LogP contribution in [0.3, 0.4) is 0 Å². The molecule has 0 bridgehead atoms. The summed E-state index contributed by atoms with van der Waals surface area (Å²) < 4.78 is 0. The first kappa shape index (κ1) is 16.3. The zero-order chi connectivity index (χ0) is 17.3. The van der Waals surface area contributed by atoms with Crippen LogP contribution in [-0.2, 0) is 0 Å². The van der Waals surface area contributed by atoms with Gasteiger partial charge in [0.15, 0.2) is 5.78 Å². The second-order valence-electron chi connectivity index (χ2n) is 5.91. The Morgan fingerprint density at radius 1 is 1.17 bits per heavy atom. The Bertz CT molecular complexity index is 914. The molecule has 0 fully saturated rings. The van der Waals surface area contributed by atoms with Crippen molar-refractivity contribution in [3.05, 3.63) is 58.4 Å². The average Bonchev–Trinajstić information content (AvgIpc) is 3.05. The maximum absolute atomic E-state index is 13.0. The van der Waals surface area contributed by atoms with Gasteiger partial charge in [-0.05, 0) is 39.0 Å². The summed E-state index contributed by atoms with van der Waals surface area (Å²) in [6.45, 7) is 5.43. The van der Waals surface area contributed by atoms with Crippen LogP contribution in [0.5, 0.6) is 0 Å². The number of para-hydroxylation sites is 1. The van der Waals surface area contributed by atoms with Crippen molar-refractivity contribution in [2.24, 2.45) is 0 Å². The van der Waals surface area contributed by atoms with E-state index in [2.05, 4.69) is 4.98 Å². The van der Waals surface area contributed by atoms with Crippen molar-refractivity contribution in [2.45, 2.75) is 26.8 Å². The summed E-state index contributed by atoms with van der Waals surface area (Å²) in [5, 5.41) is 2.72. The van der Waals surface area contributed by atoms with Gasteiger partial charge < -0.3 is 4.90 Å². The minimum absolute atomic E-state index is 0.0247. The zero-order valence-electron chi connectivity index (χ0n) is 13.8. The second kappa shape index (κ2) is 6.53. The van der Waals surface area contributed by atoms with E-state index in [1.807, 2.05) is 44.2 Å². The number of carbonyl (C=O) groups is 2. The van der Waals surface area contributed by atoms with Gasteiger partial charge in [-0.25, -0.2) is 0 Å². The van der Waals surface area contributed by atoms with Crippen molar-refractivity contribution in [1.82, 2.24) is 4.98 Å². The van der Waals surface area contributed by atoms with Crippen molar-refractivity contribution in [1.29, 1.82) is 0 Å². The molecule has 0 atom stereocenters.